The molecule has 0 fully saturated rings. The van der Waals surface area contributed by atoms with Gasteiger partial charge in [-0.15, -0.1) is 0 Å². The second-order valence-corrected chi connectivity index (χ2v) is 5.19. The minimum Gasteiger partial charge on any atom is -0.370 e. The first-order chi connectivity index (χ1) is 9.47. The molecule has 0 saturated carbocycles. The summed E-state index contributed by atoms with van der Waals surface area (Å²) in [6, 6.07) is 7.49. The fraction of sp³-hybridized carbons (Fsp3) is 0.333. The van der Waals surface area contributed by atoms with Crippen molar-refractivity contribution in [3.8, 4) is 0 Å². The molecular weight excluding hydrogens is 252 g/mol. The fourth-order valence-electron chi connectivity index (χ4n) is 1.92. The molecule has 0 aliphatic rings. The van der Waals surface area contributed by atoms with Gasteiger partial charge in [-0.1, -0.05) is 17.7 Å². The zero-order valence-electron chi connectivity index (χ0n) is 12.0. The van der Waals surface area contributed by atoms with Gasteiger partial charge < -0.3 is 11.1 Å². The van der Waals surface area contributed by atoms with Gasteiger partial charge in [0.1, 0.15) is 6.04 Å². The van der Waals surface area contributed by atoms with Crippen LogP contribution in [0, 0.1) is 6.92 Å². The summed E-state index contributed by atoms with van der Waals surface area (Å²) in [5.41, 5.74) is 8.29. The molecule has 0 aliphatic carbocycles. The molecule has 1 heterocycles. The average molecular weight is 272 g/mol. The number of aryl methyl sites for hydroxylation is 1. The minimum atomic E-state index is -0.579. The zero-order chi connectivity index (χ0) is 14.7. The average Bonchev–Trinajstić information content (AvgIpc) is 2.87. The van der Waals surface area contributed by atoms with E-state index < -0.39 is 11.9 Å². The van der Waals surface area contributed by atoms with E-state index in [9.17, 15) is 4.79 Å². The number of aromatic nitrogens is 2. The number of amides is 1. The minimum absolute atomic E-state index is 0.247. The van der Waals surface area contributed by atoms with Crippen LogP contribution in [-0.2, 0) is 4.79 Å². The third kappa shape index (κ3) is 3.17. The van der Waals surface area contributed by atoms with Crippen LogP contribution < -0.4 is 11.1 Å². The van der Waals surface area contributed by atoms with Gasteiger partial charge in [0.05, 0.1) is 6.20 Å². The number of hydrogen-bond acceptors (Lipinski definition) is 3. The van der Waals surface area contributed by atoms with E-state index in [4.69, 9.17) is 5.73 Å². The molecule has 2 rings (SSSR count). The molecule has 2 aromatic rings. The molecule has 20 heavy (non-hydrogen) atoms. The Morgan fingerprint density at radius 2 is 1.95 bits per heavy atom. The quantitative estimate of drug-likeness (QED) is 0.878. The zero-order valence-corrected chi connectivity index (χ0v) is 12.0. The van der Waals surface area contributed by atoms with E-state index in [2.05, 4.69) is 10.4 Å². The maximum absolute atomic E-state index is 11.7. The second-order valence-electron chi connectivity index (χ2n) is 5.19. The predicted molar refractivity (Wildman–Crippen MR) is 79.3 cm³/mol. The first kappa shape index (κ1) is 14.1. The molecular formula is C15H20N4O. The van der Waals surface area contributed by atoms with Crippen molar-refractivity contribution in [2.24, 2.45) is 5.73 Å². The lowest BCUT2D eigenvalue weighted by atomic mass is 10.1. The van der Waals surface area contributed by atoms with Gasteiger partial charge in [0, 0.05) is 23.5 Å². The Morgan fingerprint density at radius 1 is 1.30 bits per heavy atom. The van der Waals surface area contributed by atoms with E-state index in [0.29, 0.717) is 0 Å². The number of nitrogens with two attached hydrogens (primary N) is 1. The monoisotopic (exact) mass is 272 g/mol. The van der Waals surface area contributed by atoms with Crippen molar-refractivity contribution < 1.29 is 4.79 Å². The summed E-state index contributed by atoms with van der Waals surface area (Å²) in [6.07, 6.45) is 3.53. The molecule has 5 nitrogen and oxygen atoms in total. The standard InChI is InChI=1S/C15H20N4O/c1-10(2)19-9-12(8-17-19)14(15(16)20)18-13-6-4-11(3)5-7-13/h4-10,14,18H,1-3H3,(H2,16,20). The van der Waals surface area contributed by atoms with Crippen LogP contribution in [0.3, 0.4) is 0 Å². The summed E-state index contributed by atoms with van der Waals surface area (Å²) >= 11 is 0. The summed E-state index contributed by atoms with van der Waals surface area (Å²) in [6.45, 7) is 6.08. The number of hydrogen-bond donors (Lipinski definition) is 2. The molecule has 1 unspecified atom stereocenters. The Bertz CT molecular complexity index is 586. The number of primary amides is 1. The topological polar surface area (TPSA) is 72.9 Å². The van der Waals surface area contributed by atoms with Gasteiger partial charge in [0.2, 0.25) is 5.91 Å². The Balaban J connectivity index is 2.22. The van der Waals surface area contributed by atoms with E-state index in [0.717, 1.165) is 11.3 Å². The molecule has 106 valence electrons. The maximum Gasteiger partial charge on any atom is 0.244 e. The second kappa shape index (κ2) is 5.77. The molecule has 1 aromatic carbocycles. The number of benzene rings is 1. The van der Waals surface area contributed by atoms with Gasteiger partial charge in [0.25, 0.3) is 0 Å². The lowest BCUT2D eigenvalue weighted by Crippen LogP contribution is -2.27. The normalized spacial score (nSPS) is 12.4. The van der Waals surface area contributed by atoms with Gasteiger partial charge >= 0.3 is 0 Å². The van der Waals surface area contributed by atoms with E-state index in [1.54, 1.807) is 6.20 Å². The lowest BCUT2D eigenvalue weighted by molar-refractivity contribution is -0.118. The Hall–Kier alpha value is -2.30. The Kier molecular flexibility index (Phi) is 4.08. The highest BCUT2D eigenvalue weighted by Crippen LogP contribution is 2.20. The fourth-order valence-corrected chi connectivity index (χ4v) is 1.92. The smallest absolute Gasteiger partial charge is 0.244 e. The molecule has 0 aliphatic heterocycles. The highest BCUT2D eigenvalue weighted by atomic mass is 16.1. The van der Waals surface area contributed by atoms with Gasteiger partial charge in [-0.3, -0.25) is 9.48 Å². The lowest BCUT2D eigenvalue weighted by Gasteiger charge is -2.15. The van der Waals surface area contributed by atoms with Crippen molar-refractivity contribution in [3.05, 3.63) is 47.8 Å². The van der Waals surface area contributed by atoms with Crippen molar-refractivity contribution in [2.45, 2.75) is 32.9 Å². The van der Waals surface area contributed by atoms with Crippen LogP contribution >= 0.6 is 0 Å². The molecule has 0 radical (unpaired) electrons. The van der Waals surface area contributed by atoms with Crippen LogP contribution in [0.4, 0.5) is 5.69 Å². The van der Waals surface area contributed by atoms with E-state index in [-0.39, 0.29) is 6.04 Å². The van der Waals surface area contributed by atoms with Crippen molar-refractivity contribution >= 4 is 11.6 Å². The van der Waals surface area contributed by atoms with Crippen LogP contribution in [0.2, 0.25) is 0 Å². The summed E-state index contributed by atoms with van der Waals surface area (Å²) < 4.78 is 1.81. The Morgan fingerprint density at radius 3 is 2.45 bits per heavy atom. The van der Waals surface area contributed by atoms with Gasteiger partial charge in [0.15, 0.2) is 0 Å². The molecule has 3 N–H and O–H groups in total. The van der Waals surface area contributed by atoms with Crippen LogP contribution in [0.5, 0.6) is 0 Å². The predicted octanol–water partition coefficient (Wildman–Crippen LogP) is 2.41. The third-order valence-corrected chi connectivity index (χ3v) is 3.13. The van der Waals surface area contributed by atoms with Crippen LogP contribution in [0.15, 0.2) is 36.7 Å². The first-order valence-electron chi connectivity index (χ1n) is 6.64. The molecule has 5 heteroatoms. The van der Waals surface area contributed by atoms with Crippen LogP contribution in [-0.4, -0.2) is 15.7 Å². The van der Waals surface area contributed by atoms with Gasteiger partial charge in [-0.2, -0.15) is 5.10 Å². The summed E-state index contributed by atoms with van der Waals surface area (Å²) in [5.74, 6) is -0.422. The van der Waals surface area contributed by atoms with Crippen molar-refractivity contribution in [1.29, 1.82) is 0 Å². The number of carbonyl (C=O) groups excluding carboxylic acids is 1. The molecule has 0 spiro atoms. The summed E-state index contributed by atoms with van der Waals surface area (Å²) in [5, 5.41) is 7.39. The van der Waals surface area contributed by atoms with Crippen molar-refractivity contribution in [3.63, 3.8) is 0 Å². The number of anilines is 1. The van der Waals surface area contributed by atoms with Gasteiger partial charge in [-0.25, -0.2) is 0 Å². The molecule has 0 bridgehead atoms. The van der Waals surface area contributed by atoms with E-state index in [1.807, 2.05) is 55.9 Å². The SMILES string of the molecule is Cc1ccc(NC(C(N)=O)c2cnn(C(C)C)c2)cc1. The third-order valence-electron chi connectivity index (χ3n) is 3.13. The van der Waals surface area contributed by atoms with Crippen LogP contribution in [0.25, 0.3) is 0 Å². The molecule has 1 aromatic heterocycles. The van der Waals surface area contributed by atoms with Crippen LogP contribution in [0.1, 0.15) is 37.1 Å². The maximum atomic E-state index is 11.7. The number of nitrogens with one attached hydrogen (secondary N) is 1. The Labute approximate surface area is 118 Å². The van der Waals surface area contributed by atoms with Gasteiger partial charge in [-0.05, 0) is 32.9 Å². The number of rotatable bonds is 5. The van der Waals surface area contributed by atoms with Crippen molar-refractivity contribution in [1.82, 2.24) is 9.78 Å². The molecule has 0 saturated heterocycles. The summed E-state index contributed by atoms with van der Waals surface area (Å²) in [7, 11) is 0. The first-order valence-corrected chi connectivity index (χ1v) is 6.64. The number of carbonyl (C=O) groups is 1. The summed E-state index contributed by atoms with van der Waals surface area (Å²) in [4.78, 5) is 11.7. The largest absolute Gasteiger partial charge is 0.370 e. The highest BCUT2D eigenvalue weighted by molar-refractivity contribution is 5.84. The van der Waals surface area contributed by atoms with E-state index in [1.165, 1.54) is 5.56 Å². The molecule has 1 amide bonds. The molecule has 1 atom stereocenters. The van der Waals surface area contributed by atoms with E-state index >= 15 is 0 Å². The van der Waals surface area contributed by atoms with Crippen molar-refractivity contribution in [2.75, 3.05) is 5.32 Å². The highest BCUT2D eigenvalue weighted by Gasteiger charge is 2.19. The number of nitrogens with zero attached hydrogens (tertiary/aromatic N) is 2.